The minimum atomic E-state index is -0.745. The Balaban J connectivity index is 1.76. The van der Waals surface area contributed by atoms with Gasteiger partial charge in [0.25, 0.3) is 5.56 Å². The second-order valence-electron chi connectivity index (χ2n) is 7.21. The summed E-state index contributed by atoms with van der Waals surface area (Å²) in [4.78, 5) is 39.4. The number of nitrogens with zero attached hydrogens (tertiary/aromatic N) is 3. The third-order valence-corrected chi connectivity index (χ3v) is 5.66. The van der Waals surface area contributed by atoms with Gasteiger partial charge in [0, 0.05) is 17.8 Å². The van der Waals surface area contributed by atoms with Crippen LogP contribution < -0.4 is 11.2 Å². The lowest BCUT2D eigenvalue weighted by Gasteiger charge is -2.20. The van der Waals surface area contributed by atoms with Gasteiger partial charge in [-0.15, -0.1) is 0 Å². The Hall–Kier alpha value is -3.46. The van der Waals surface area contributed by atoms with Crippen LogP contribution in [0.4, 0.5) is 0 Å². The fourth-order valence-corrected chi connectivity index (χ4v) is 3.89. The van der Waals surface area contributed by atoms with Crippen molar-refractivity contribution in [2.45, 2.75) is 25.9 Å². The fraction of sp³-hybridized carbons (Fsp3) is 0.182. The SMILES string of the molecule is CC(=O)N1N=C(c2c(O)n(Cc3ccccc3)c(=O)[nH]c2=O)C[C@H]1c1ccc(Br)cc1. The summed E-state index contributed by atoms with van der Waals surface area (Å²) in [6.07, 6.45) is 0.224. The van der Waals surface area contributed by atoms with E-state index in [1.165, 1.54) is 11.9 Å². The number of hydrogen-bond donors (Lipinski definition) is 2. The topological polar surface area (TPSA) is 108 Å². The van der Waals surface area contributed by atoms with Gasteiger partial charge in [0.2, 0.25) is 11.8 Å². The number of aromatic hydroxyl groups is 1. The molecule has 1 aliphatic rings. The van der Waals surface area contributed by atoms with Crippen LogP contribution in [-0.2, 0) is 11.3 Å². The summed E-state index contributed by atoms with van der Waals surface area (Å²) in [6, 6.07) is 16.1. The Morgan fingerprint density at radius 3 is 2.48 bits per heavy atom. The number of carbonyl (C=O) groups excluding carboxylic acids is 1. The third-order valence-electron chi connectivity index (χ3n) is 5.13. The number of halogens is 1. The average molecular weight is 483 g/mol. The number of amides is 1. The van der Waals surface area contributed by atoms with Crippen LogP contribution >= 0.6 is 15.9 Å². The Labute approximate surface area is 185 Å². The molecule has 0 radical (unpaired) electrons. The monoisotopic (exact) mass is 482 g/mol. The van der Waals surface area contributed by atoms with E-state index in [9.17, 15) is 19.5 Å². The molecule has 2 aromatic carbocycles. The number of aromatic nitrogens is 2. The number of hydrazone groups is 1. The minimum absolute atomic E-state index is 0.0785. The lowest BCUT2D eigenvalue weighted by Crippen LogP contribution is -2.34. The van der Waals surface area contributed by atoms with E-state index in [-0.39, 0.29) is 30.1 Å². The molecule has 31 heavy (non-hydrogen) atoms. The van der Waals surface area contributed by atoms with Crippen LogP contribution in [0.5, 0.6) is 5.88 Å². The van der Waals surface area contributed by atoms with E-state index in [4.69, 9.17) is 0 Å². The van der Waals surface area contributed by atoms with E-state index < -0.39 is 23.2 Å². The maximum absolute atomic E-state index is 12.6. The predicted octanol–water partition coefficient (Wildman–Crippen LogP) is 2.75. The predicted molar refractivity (Wildman–Crippen MR) is 119 cm³/mol. The zero-order chi connectivity index (χ0) is 22.1. The molecule has 9 heteroatoms. The number of aromatic amines is 1. The van der Waals surface area contributed by atoms with Crippen LogP contribution in [-0.4, -0.2) is 31.3 Å². The van der Waals surface area contributed by atoms with E-state index in [1.54, 1.807) is 0 Å². The maximum Gasteiger partial charge on any atom is 0.331 e. The van der Waals surface area contributed by atoms with Crippen molar-refractivity contribution in [1.29, 1.82) is 0 Å². The maximum atomic E-state index is 12.6. The van der Waals surface area contributed by atoms with Crippen LogP contribution in [0.3, 0.4) is 0 Å². The van der Waals surface area contributed by atoms with E-state index in [1.807, 2.05) is 54.6 Å². The van der Waals surface area contributed by atoms with Gasteiger partial charge in [-0.25, -0.2) is 9.80 Å². The van der Waals surface area contributed by atoms with E-state index in [0.29, 0.717) is 0 Å². The van der Waals surface area contributed by atoms with Crippen molar-refractivity contribution in [2.75, 3.05) is 0 Å². The molecule has 0 spiro atoms. The summed E-state index contributed by atoms with van der Waals surface area (Å²) in [7, 11) is 0. The molecular weight excluding hydrogens is 464 g/mol. The van der Waals surface area contributed by atoms with E-state index in [0.717, 1.165) is 20.2 Å². The van der Waals surface area contributed by atoms with Crippen molar-refractivity contribution in [3.8, 4) is 5.88 Å². The van der Waals surface area contributed by atoms with E-state index >= 15 is 0 Å². The molecule has 8 nitrogen and oxygen atoms in total. The van der Waals surface area contributed by atoms with Crippen molar-refractivity contribution < 1.29 is 9.90 Å². The molecule has 3 aromatic rings. The standard InChI is InChI=1S/C22H19BrN4O4/c1-13(28)27-18(15-7-9-16(23)10-8-15)11-17(25-27)19-20(29)24-22(31)26(21(19)30)12-14-5-3-2-4-6-14/h2-10,18,30H,11-12H2,1H3,(H,24,29,31)/t18-/m0/s1. The molecule has 0 fully saturated rings. The number of H-pyrrole nitrogens is 1. The molecule has 2 heterocycles. The first kappa shape index (κ1) is 20.8. The molecule has 0 bridgehead atoms. The van der Waals surface area contributed by atoms with Crippen molar-refractivity contribution in [1.82, 2.24) is 14.6 Å². The quantitative estimate of drug-likeness (QED) is 0.595. The number of carbonyl (C=O) groups is 1. The molecule has 1 aliphatic heterocycles. The highest BCUT2D eigenvalue weighted by Gasteiger charge is 2.34. The summed E-state index contributed by atoms with van der Waals surface area (Å²) in [6.45, 7) is 1.47. The number of hydrogen-bond acceptors (Lipinski definition) is 5. The highest BCUT2D eigenvalue weighted by Crippen LogP contribution is 2.34. The largest absolute Gasteiger partial charge is 0.494 e. The van der Waals surface area contributed by atoms with Gasteiger partial charge in [0.15, 0.2) is 0 Å². The van der Waals surface area contributed by atoms with Gasteiger partial charge in [0.1, 0.15) is 5.56 Å². The smallest absolute Gasteiger partial charge is 0.331 e. The third kappa shape index (κ3) is 4.09. The molecule has 158 valence electrons. The van der Waals surface area contributed by atoms with E-state index in [2.05, 4.69) is 26.0 Å². The molecule has 0 aliphatic carbocycles. The number of rotatable bonds is 4. The molecule has 4 rings (SSSR count). The first-order chi connectivity index (χ1) is 14.8. The number of benzene rings is 2. The Kier molecular flexibility index (Phi) is 5.60. The molecule has 1 atom stereocenters. The zero-order valence-electron chi connectivity index (χ0n) is 16.6. The van der Waals surface area contributed by atoms with Gasteiger partial charge in [-0.3, -0.25) is 19.1 Å². The van der Waals surface area contributed by atoms with Gasteiger partial charge in [-0.2, -0.15) is 5.10 Å². The van der Waals surface area contributed by atoms with Crippen molar-refractivity contribution >= 4 is 27.5 Å². The van der Waals surface area contributed by atoms with Crippen LogP contribution in [0, 0.1) is 0 Å². The molecule has 0 saturated carbocycles. The molecule has 1 amide bonds. The van der Waals surface area contributed by atoms with Gasteiger partial charge < -0.3 is 5.11 Å². The first-order valence-corrected chi connectivity index (χ1v) is 10.4. The number of nitrogens with one attached hydrogen (secondary N) is 1. The minimum Gasteiger partial charge on any atom is -0.494 e. The second kappa shape index (κ2) is 8.35. The van der Waals surface area contributed by atoms with Crippen LogP contribution in [0.25, 0.3) is 0 Å². The Bertz CT molecular complexity index is 1280. The summed E-state index contributed by atoms with van der Waals surface area (Å²) in [5, 5.41) is 16.5. The normalized spacial score (nSPS) is 15.7. The summed E-state index contributed by atoms with van der Waals surface area (Å²) in [5.74, 6) is -0.771. The molecule has 0 saturated heterocycles. The first-order valence-electron chi connectivity index (χ1n) is 9.58. The van der Waals surface area contributed by atoms with Crippen LogP contribution in [0.2, 0.25) is 0 Å². The molecule has 2 N–H and O–H groups in total. The summed E-state index contributed by atoms with van der Waals surface area (Å²) >= 11 is 3.39. The van der Waals surface area contributed by atoms with Gasteiger partial charge in [-0.05, 0) is 23.3 Å². The van der Waals surface area contributed by atoms with Crippen molar-refractivity contribution in [3.63, 3.8) is 0 Å². The van der Waals surface area contributed by atoms with Gasteiger partial charge in [0.05, 0.1) is 18.3 Å². The van der Waals surface area contributed by atoms with Crippen molar-refractivity contribution in [2.24, 2.45) is 5.10 Å². The Morgan fingerprint density at radius 1 is 1.16 bits per heavy atom. The van der Waals surface area contributed by atoms with Crippen LogP contribution in [0.15, 0.2) is 73.8 Å². The molecular formula is C22H19BrN4O4. The highest BCUT2D eigenvalue weighted by molar-refractivity contribution is 9.10. The van der Waals surface area contributed by atoms with Crippen LogP contribution in [0.1, 0.15) is 36.1 Å². The highest BCUT2D eigenvalue weighted by atomic mass is 79.9. The lowest BCUT2D eigenvalue weighted by molar-refractivity contribution is -0.130. The molecule has 0 unspecified atom stereocenters. The second-order valence-corrected chi connectivity index (χ2v) is 8.13. The van der Waals surface area contributed by atoms with Gasteiger partial charge >= 0.3 is 5.69 Å². The Morgan fingerprint density at radius 2 is 1.84 bits per heavy atom. The zero-order valence-corrected chi connectivity index (χ0v) is 18.2. The summed E-state index contributed by atoms with van der Waals surface area (Å²) < 4.78 is 1.98. The van der Waals surface area contributed by atoms with Crippen molar-refractivity contribution in [3.05, 3.63) is 96.6 Å². The fourth-order valence-electron chi connectivity index (χ4n) is 3.63. The summed E-state index contributed by atoms with van der Waals surface area (Å²) in [5.41, 5.74) is 0.284. The van der Waals surface area contributed by atoms with Gasteiger partial charge in [-0.1, -0.05) is 58.4 Å². The average Bonchev–Trinajstić information content (AvgIpc) is 3.17. The molecule has 1 aromatic heterocycles. The lowest BCUT2D eigenvalue weighted by atomic mass is 9.99.